The summed E-state index contributed by atoms with van der Waals surface area (Å²) in [6.07, 6.45) is -11.4. The van der Waals surface area contributed by atoms with Crippen LogP contribution in [0.4, 0.5) is 0 Å². The third-order valence-corrected chi connectivity index (χ3v) is 8.94. The van der Waals surface area contributed by atoms with Crippen LogP contribution in [0.25, 0.3) is 0 Å². The number of hydrogen-bond acceptors (Lipinski definition) is 14. The van der Waals surface area contributed by atoms with Crippen LogP contribution in [0, 0.1) is 0 Å². The van der Waals surface area contributed by atoms with Gasteiger partial charge in [0.05, 0.1) is 26.4 Å². The van der Waals surface area contributed by atoms with Crippen LogP contribution in [0.1, 0.15) is 44.4 Å². The Morgan fingerprint density at radius 3 is 1.61 bits per heavy atom. The van der Waals surface area contributed by atoms with E-state index in [2.05, 4.69) is 5.32 Å². The smallest absolute Gasteiger partial charge is 0.303 e. The van der Waals surface area contributed by atoms with Crippen molar-refractivity contribution in [3.05, 3.63) is 108 Å². The zero-order valence-corrected chi connectivity index (χ0v) is 31.7. The van der Waals surface area contributed by atoms with Gasteiger partial charge in [-0.25, -0.2) is 0 Å². The van der Waals surface area contributed by atoms with Gasteiger partial charge in [0, 0.05) is 27.7 Å². The molecule has 15 nitrogen and oxygen atoms in total. The third-order valence-electron chi connectivity index (χ3n) is 8.94. The fourth-order valence-corrected chi connectivity index (χ4v) is 6.53. The van der Waals surface area contributed by atoms with Crippen molar-refractivity contribution in [3.8, 4) is 0 Å². The predicted octanol–water partition coefficient (Wildman–Crippen LogP) is 3.13. The zero-order chi connectivity index (χ0) is 40.0. The number of hydrogen-bond donors (Lipinski definition) is 2. The van der Waals surface area contributed by atoms with Crippen LogP contribution >= 0.6 is 0 Å². The summed E-state index contributed by atoms with van der Waals surface area (Å²) in [5.41, 5.74) is 2.53. The predicted molar refractivity (Wildman–Crippen MR) is 196 cm³/mol. The van der Waals surface area contributed by atoms with Gasteiger partial charge in [0.2, 0.25) is 5.91 Å². The lowest BCUT2D eigenvalue weighted by Gasteiger charge is -2.49. The number of amides is 1. The number of rotatable bonds is 17. The molecule has 2 N–H and O–H groups in total. The number of ether oxygens (including phenoxy) is 9. The molecule has 0 bridgehead atoms. The van der Waals surface area contributed by atoms with Crippen molar-refractivity contribution in [2.45, 2.75) is 109 Å². The molecule has 3 aromatic carbocycles. The topological polar surface area (TPSA) is 184 Å². The summed E-state index contributed by atoms with van der Waals surface area (Å²) in [4.78, 5) is 49.5. The molecule has 0 saturated carbocycles. The molecular weight excluding hydrogens is 730 g/mol. The summed E-state index contributed by atoms with van der Waals surface area (Å²) < 4.78 is 54.8. The number of esters is 3. The number of carbonyl (C=O) groups is 4. The average molecular weight is 780 g/mol. The van der Waals surface area contributed by atoms with Crippen LogP contribution in [-0.2, 0) is 81.6 Å². The Labute approximate surface area is 325 Å². The molecule has 2 aliphatic rings. The first-order valence-corrected chi connectivity index (χ1v) is 18.3. The molecule has 0 aliphatic carbocycles. The maximum atomic E-state index is 12.7. The van der Waals surface area contributed by atoms with Gasteiger partial charge in [-0.2, -0.15) is 0 Å². The van der Waals surface area contributed by atoms with E-state index in [9.17, 15) is 24.3 Å². The second-order valence-corrected chi connectivity index (χ2v) is 13.4. The molecule has 3 aromatic rings. The van der Waals surface area contributed by atoms with Crippen LogP contribution < -0.4 is 5.32 Å². The van der Waals surface area contributed by atoms with E-state index in [4.69, 9.17) is 42.6 Å². The molecule has 56 heavy (non-hydrogen) atoms. The molecule has 2 saturated heterocycles. The van der Waals surface area contributed by atoms with E-state index in [1.165, 1.54) is 13.8 Å². The van der Waals surface area contributed by atoms with Crippen LogP contribution in [0.3, 0.4) is 0 Å². The molecule has 0 spiro atoms. The molecular formula is C41H49NO14. The number of carbonyl (C=O) groups excluding carboxylic acids is 4. The Bertz CT molecular complexity index is 1700. The summed E-state index contributed by atoms with van der Waals surface area (Å²) >= 11 is 0. The van der Waals surface area contributed by atoms with Gasteiger partial charge in [0.25, 0.3) is 0 Å². The Morgan fingerprint density at radius 1 is 0.589 bits per heavy atom. The monoisotopic (exact) mass is 779 g/mol. The minimum absolute atomic E-state index is 0.0344. The molecule has 302 valence electrons. The number of aliphatic hydroxyl groups is 1. The van der Waals surface area contributed by atoms with Crippen molar-refractivity contribution in [1.82, 2.24) is 5.32 Å². The molecule has 1 amide bonds. The minimum Gasteiger partial charge on any atom is -0.463 e. The Balaban J connectivity index is 1.54. The van der Waals surface area contributed by atoms with Crippen LogP contribution in [0.15, 0.2) is 91.0 Å². The van der Waals surface area contributed by atoms with E-state index in [-0.39, 0.29) is 26.4 Å². The molecule has 2 fully saturated rings. The number of benzene rings is 3. The van der Waals surface area contributed by atoms with Crippen LogP contribution in [-0.4, -0.2) is 103 Å². The molecule has 2 aliphatic heterocycles. The second-order valence-electron chi connectivity index (χ2n) is 13.4. The van der Waals surface area contributed by atoms with Crippen molar-refractivity contribution in [2.24, 2.45) is 0 Å². The quantitative estimate of drug-likeness (QED) is 0.151. The standard InChI is InChI=1S/C41H49NO14/c1-25(43)42-34-37(53-28(4)46)36(52-27(3)45)33(24-49-26(2)44)55-41(34)56-38-35(50-21-30-16-10-6-11-17-30)32(23-48-20-29-14-8-5-9-15-29)54-40(47)39(38)51-22-31-18-12-7-13-19-31/h5-19,32-41,47H,20-24H2,1-4H3,(H,42,43)/t32-,33-,34-,35+,36-,37-,38+,39-,40-,41+/m1/s1. The highest BCUT2D eigenvalue weighted by molar-refractivity contribution is 5.73. The fraction of sp³-hybridized carbons (Fsp3) is 0.463. The maximum absolute atomic E-state index is 12.7. The second kappa shape index (κ2) is 21.0. The normalized spacial score (nSPS) is 27.4. The van der Waals surface area contributed by atoms with E-state index in [1.807, 2.05) is 91.0 Å². The molecule has 2 heterocycles. The van der Waals surface area contributed by atoms with Crippen molar-refractivity contribution in [1.29, 1.82) is 0 Å². The fourth-order valence-electron chi connectivity index (χ4n) is 6.53. The van der Waals surface area contributed by atoms with Crippen molar-refractivity contribution >= 4 is 23.8 Å². The van der Waals surface area contributed by atoms with Gasteiger partial charge in [0.15, 0.2) is 24.8 Å². The SMILES string of the molecule is CC(=O)N[C@H]1[C@H](O[C@@H]2[C@@H](OCc3ccccc3)[C@H](O)O[C@H](COCc3ccccc3)[C@@H]2OCc2ccccc2)O[C@H](COC(C)=O)[C@@H](OC(C)=O)[C@@H]1OC(C)=O. The highest BCUT2D eigenvalue weighted by Crippen LogP contribution is 2.34. The van der Waals surface area contributed by atoms with Gasteiger partial charge < -0.3 is 53.1 Å². The van der Waals surface area contributed by atoms with Crippen LogP contribution in [0.2, 0.25) is 0 Å². The molecule has 5 rings (SSSR count). The van der Waals surface area contributed by atoms with E-state index in [0.717, 1.165) is 30.5 Å². The summed E-state index contributed by atoms with van der Waals surface area (Å²) in [6.45, 7) is 4.60. The van der Waals surface area contributed by atoms with E-state index in [0.29, 0.717) is 0 Å². The first-order valence-electron chi connectivity index (χ1n) is 18.3. The first-order chi connectivity index (χ1) is 27.0. The molecule has 0 aromatic heterocycles. The first kappa shape index (κ1) is 42.4. The summed E-state index contributed by atoms with van der Waals surface area (Å²) in [5, 5.41) is 14.3. The van der Waals surface area contributed by atoms with Crippen LogP contribution in [0.5, 0.6) is 0 Å². The summed E-state index contributed by atoms with van der Waals surface area (Å²) in [7, 11) is 0. The highest BCUT2D eigenvalue weighted by Gasteiger charge is 2.55. The molecule has 10 atom stereocenters. The lowest BCUT2D eigenvalue weighted by atomic mass is 9.94. The van der Waals surface area contributed by atoms with Gasteiger partial charge in [0.1, 0.15) is 43.2 Å². The van der Waals surface area contributed by atoms with Gasteiger partial charge in [-0.3, -0.25) is 19.2 Å². The largest absolute Gasteiger partial charge is 0.463 e. The summed E-state index contributed by atoms with van der Waals surface area (Å²) in [6, 6.07) is 26.8. The lowest BCUT2D eigenvalue weighted by Crippen LogP contribution is -2.69. The van der Waals surface area contributed by atoms with Gasteiger partial charge >= 0.3 is 17.9 Å². The number of nitrogens with one attached hydrogen (secondary N) is 1. The lowest BCUT2D eigenvalue weighted by molar-refractivity contribution is -0.354. The maximum Gasteiger partial charge on any atom is 0.303 e. The van der Waals surface area contributed by atoms with Gasteiger partial charge in [-0.1, -0.05) is 91.0 Å². The molecule has 0 radical (unpaired) electrons. The van der Waals surface area contributed by atoms with E-state index in [1.54, 1.807) is 0 Å². The third kappa shape index (κ3) is 12.4. The Hall–Kier alpha value is -4.74. The summed E-state index contributed by atoms with van der Waals surface area (Å²) in [5.74, 6) is -2.73. The van der Waals surface area contributed by atoms with Gasteiger partial charge in [-0.05, 0) is 16.7 Å². The zero-order valence-electron chi connectivity index (χ0n) is 31.7. The highest BCUT2D eigenvalue weighted by atomic mass is 16.7. The Morgan fingerprint density at radius 2 is 1.09 bits per heavy atom. The van der Waals surface area contributed by atoms with E-state index < -0.39 is 91.8 Å². The van der Waals surface area contributed by atoms with Crippen molar-refractivity contribution < 1.29 is 66.9 Å². The molecule has 15 heteroatoms. The van der Waals surface area contributed by atoms with E-state index >= 15 is 0 Å². The Kier molecular flexibility index (Phi) is 15.9. The minimum atomic E-state index is -1.58. The van der Waals surface area contributed by atoms with Crippen molar-refractivity contribution in [3.63, 3.8) is 0 Å². The average Bonchev–Trinajstić information content (AvgIpc) is 3.16. The number of aliphatic hydroxyl groups excluding tert-OH is 1. The molecule has 0 unspecified atom stereocenters. The van der Waals surface area contributed by atoms with Gasteiger partial charge in [-0.15, -0.1) is 0 Å². The van der Waals surface area contributed by atoms with Crippen molar-refractivity contribution in [2.75, 3.05) is 13.2 Å².